The molecule has 0 aliphatic carbocycles. The van der Waals surface area contributed by atoms with Gasteiger partial charge in [0.2, 0.25) is 5.88 Å². The van der Waals surface area contributed by atoms with Crippen LogP contribution in [0.2, 0.25) is 5.15 Å². The minimum atomic E-state index is -1.08. The van der Waals surface area contributed by atoms with Crippen molar-refractivity contribution in [3.05, 3.63) is 106 Å². The first-order valence-electron chi connectivity index (χ1n) is 13.7. The Kier molecular flexibility index (Phi) is 7.77. The van der Waals surface area contributed by atoms with Crippen LogP contribution in [0.1, 0.15) is 47.2 Å². The van der Waals surface area contributed by atoms with Crippen LogP contribution < -0.4 is 4.74 Å². The molecule has 0 amide bonds. The molecule has 8 nitrogen and oxygen atoms in total. The van der Waals surface area contributed by atoms with Crippen LogP contribution in [-0.4, -0.2) is 43.8 Å². The van der Waals surface area contributed by atoms with E-state index in [2.05, 4.69) is 9.97 Å². The van der Waals surface area contributed by atoms with Crippen LogP contribution in [0.5, 0.6) is 5.88 Å². The molecule has 12 heteroatoms. The second kappa shape index (κ2) is 11.5. The molecule has 226 valence electrons. The van der Waals surface area contributed by atoms with Gasteiger partial charge in [-0.3, -0.25) is 0 Å². The Morgan fingerprint density at radius 2 is 1.86 bits per heavy atom. The molecule has 0 radical (unpaired) electrons. The van der Waals surface area contributed by atoms with Gasteiger partial charge < -0.3 is 19.1 Å². The number of halogens is 4. The average molecular weight is 623 g/mol. The summed E-state index contributed by atoms with van der Waals surface area (Å²) in [6, 6.07) is 12.2. The van der Waals surface area contributed by atoms with E-state index in [1.807, 2.05) is 18.4 Å². The number of nitrogens with zero attached hydrogens (tertiary/aromatic N) is 4. The van der Waals surface area contributed by atoms with E-state index in [1.165, 1.54) is 24.4 Å². The lowest BCUT2D eigenvalue weighted by atomic mass is 9.87. The number of hydrogen-bond donors (Lipinski definition) is 1. The number of hydrogen-bond acceptors (Lipinski definition) is 6. The average Bonchev–Trinajstić information content (AvgIpc) is 3.51. The molecular weight excluding hydrogens is 597 g/mol. The lowest BCUT2D eigenvalue weighted by Gasteiger charge is -2.28. The topological polar surface area (TPSA) is 99.4 Å². The number of fused-ring (bicyclic) bond motifs is 1. The van der Waals surface area contributed by atoms with E-state index in [-0.39, 0.29) is 63.5 Å². The van der Waals surface area contributed by atoms with Crippen molar-refractivity contribution in [2.75, 3.05) is 13.2 Å². The standard InChI is InChI=1S/C32H26ClF3N4O4/c1-32(2)16-43-15-27(32)40-26-9-17(31(41)42)6-7-25(26)38-29(40)10-18-8-23(36)20(11-21(18)34)24-4-3-5-30(39-24)44-14-19-13-37-28(33)12-22(19)35/h3-9,11-13,27H,10,14-16H2,1-2H3,(H,41,42). The summed E-state index contributed by atoms with van der Waals surface area (Å²) in [5.41, 5.74) is 1.16. The predicted molar refractivity (Wildman–Crippen MR) is 156 cm³/mol. The summed E-state index contributed by atoms with van der Waals surface area (Å²) in [4.78, 5) is 24.5. The van der Waals surface area contributed by atoms with E-state index in [1.54, 1.807) is 18.2 Å². The van der Waals surface area contributed by atoms with E-state index >= 15 is 8.78 Å². The second-order valence-corrected chi connectivity index (χ2v) is 11.7. The largest absolute Gasteiger partial charge is 0.478 e. The van der Waals surface area contributed by atoms with Gasteiger partial charge in [0, 0.05) is 41.3 Å². The van der Waals surface area contributed by atoms with Crippen LogP contribution >= 0.6 is 11.6 Å². The van der Waals surface area contributed by atoms with Crippen molar-refractivity contribution in [2.24, 2.45) is 5.41 Å². The summed E-state index contributed by atoms with van der Waals surface area (Å²) in [5.74, 6) is -2.52. The summed E-state index contributed by atoms with van der Waals surface area (Å²) >= 11 is 5.69. The lowest BCUT2D eigenvalue weighted by Crippen LogP contribution is -2.27. The van der Waals surface area contributed by atoms with Crippen molar-refractivity contribution < 1.29 is 32.5 Å². The SMILES string of the molecule is CC1(C)COCC1n1c(Cc2cc(F)c(-c3cccc(OCc4cnc(Cl)cc4F)n3)cc2F)nc2ccc(C(=O)O)cc21. The Morgan fingerprint density at radius 1 is 1.07 bits per heavy atom. The lowest BCUT2D eigenvalue weighted by molar-refractivity contribution is 0.0697. The number of carbonyl (C=O) groups is 1. The van der Waals surface area contributed by atoms with Crippen molar-refractivity contribution in [1.29, 1.82) is 0 Å². The number of carboxylic acid groups (broad SMARTS) is 1. The molecule has 44 heavy (non-hydrogen) atoms. The van der Waals surface area contributed by atoms with E-state index in [9.17, 15) is 14.3 Å². The Bertz CT molecular complexity index is 1910. The minimum Gasteiger partial charge on any atom is -0.478 e. The third-order valence-electron chi connectivity index (χ3n) is 7.73. The van der Waals surface area contributed by atoms with Gasteiger partial charge >= 0.3 is 5.97 Å². The fourth-order valence-electron chi connectivity index (χ4n) is 5.36. The van der Waals surface area contributed by atoms with Gasteiger partial charge in [-0.25, -0.2) is 32.9 Å². The molecule has 1 unspecified atom stereocenters. The molecular formula is C32H26ClF3N4O4. The fraction of sp³-hybridized carbons (Fsp3) is 0.250. The van der Waals surface area contributed by atoms with Crippen LogP contribution in [0, 0.1) is 22.9 Å². The highest BCUT2D eigenvalue weighted by Gasteiger charge is 2.39. The molecule has 2 aromatic carbocycles. The number of rotatable bonds is 8. The van der Waals surface area contributed by atoms with Crippen molar-refractivity contribution in [1.82, 2.24) is 19.5 Å². The zero-order chi connectivity index (χ0) is 31.2. The molecule has 3 aromatic heterocycles. The van der Waals surface area contributed by atoms with E-state index in [0.717, 1.165) is 18.2 Å². The quantitative estimate of drug-likeness (QED) is 0.186. The highest BCUT2D eigenvalue weighted by molar-refractivity contribution is 6.29. The highest BCUT2D eigenvalue weighted by Crippen LogP contribution is 2.40. The van der Waals surface area contributed by atoms with Crippen molar-refractivity contribution in [3.8, 4) is 17.1 Å². The van der Waals surface area contributed by atoms with E-state index in [4.69, 9.17) is 26.1 Å². The number of imidazole rings is 1. The molecule has 1 atom stereocenters. The summed E-state index contributed by atoms with van der Waals surface area (Å²) in [5, 5.41) is 9.58. The molecule has 1 fully saturated rings. The van der Waals surface area contributed by atoms with Gasteiger partial charge in [-0.1, -0.05) is 31.5 Å². The van der Waals surface area contributed by atoms with Gasteiger partial charge in [0.1, 0.15) is 35.0 Å². The van der Waals surface area contributed by atoms with Crippen LogP contribution in [0.4, 0.5) is 13.2 Å². The minimum absolute atomic E-state index is 0.00767. The van der Waals surface area contributed by atoms with Crippen molar-refractivity contribution >= 4 is 28.6 Å². The van der Waals surface area contributed by atoms with Crippen LogP contribution in [0.15, 0.2) is 60.8 Å². The number of carboxylic acids is 1. The normalized spacial score (nSPS) is 16.0. The molecule has 0 bridgehead atoms. The van der Waals surface area contributed by atoms with Gasteiger partial charge in [0.15, 0.2) is 0 Å². The molecule has 5 aromatic rings. The molecule has 1 aliphatic rings. The first-order valence-corrected chi connectivity index (χ1v) is 14.1. The van der Waals surface area contributed by atoms with Crippen molar-refractivity contribution in [3.63, 3.8) is 0 Å². The summed E-state index contributed by atoms with van der Waals surface area (Å²) in [6.45, 7) is 4.71. The Hall–Kier alpha value is -4.48. The summed E-state index contributed by atoms with van der Waals surface area (Å²) in [6.07, 6.45) is 1.19. The third kappa shape index (κ3) is 5.72. The maximum absolute atomic E-state index is 15.6. The number of aromatic carboxylic acids is 1. The highest BCUT2D eigenvalue weighted by atomic mass is 35.5. The zero-order valence-corrected chi connectivity index (χ0v) is 24.4. The smallest absolute Gasteiger partial charge is 0.335 e. The molecule has 0 saturated carbocycles. The van der Waals surface area contributed by atoms with Gasteiger partial charge in [-0.05, 0) is 42.0 Å². The molecule has 1 saturated heterocycles. The number of benzene rings is 2. The Morgan fingerprint density at radius 3 is 2.59 bits per heavy atom. The molecule has 6 rings (SSSR count). The number of pyridine rings is 2. The first kappa shape index (κ1) is 29.6. The van der Waals surface area contributed by atoms with Crippen molar-refractivity contribution in [2.45, 2.75) is 32.9 Å². The van der Waals surface area contributed by atoms with Crippen LogP contribution in [0.3, 0.4) is 0 Å². The molecule has 1 aliphatic heterocycles. The number of aromatic nitrogens is 4. The van der Waals surface area contributed by atoms with Gasteiger partial charge in [-0.2, -0.15) is 0 Å². The molecule has 4 heterocycles. The predicted octanol–water partition coefficient (Wildman–Crippen LogP) is 7.03. The molecule has 1 N–H and O–H groups in total. The maximum atomic E-state index is 15.6. The fourth-order valence-corrected chi connectivity index (χ4v) is 5.50. The summed E-state index contributed by atoms with van der Waals surface area (Å²) < 4.78 is 58.5. The second-order valence-electron chi connectivity index (χ2n) is 11.3. The monoisotopic (exact) mass is 622 g/mol. The van der Waals surface area contributed by atoms with E-state index in [0.29, 0.717) is 30.1 Å². The molecule has 0 spiro atoms. The summed E-state index contributed by atoms with van der Waals surface area (Å²) in [7, 11) is 0. The van der Waals surface area contributed by atoms with Gasteiger partial charge in [0.25, 0.3) is 0 Å². The first-order chi connectivity index (χ1) is 21.0. The number of ether oxygens (including phenoxy) is 2. The Labute approximate surface area is 255 Å². The van der Waals surface area contributed by atoms with Gasteiger partial charge in [0.05, 0.1) is 41.5 Å². The Balaban J connectivity index is 1.31. The van der Waals surface area contributed by atoms with Crippen LogP contribution in [0.25, 0.3) is 22.3 Å². The van der Waals surface area contributed by atoms with Crippen LogP contribution in [-0.2, 0) is 17.8 Å². The van der Waals surface area contributed by atoms with E-state index < -0.39 is 23.4 Å². The zero-order valence-electron chi connectivity index (χ0n) is 23.7. The third-order valence-corrected chi connectivity index (χ3v) is 7.94. The van der Waals surface area contributed by atoms with Gasteiger partial charge in [-0.15, -0.1) is 0 Å². The maximum Gasteiger partial charge on any atom is 0.335 e.